The Morgan fingerprint density at radius 2 is 2.21 bits per heavy atom. The van der Waals surface area contributed by atoms with E-state index in [0.717, 1.165) is 42.8 Å². The SMILES string of the molecule is CCCNc1cc(NC2CCOC2C)nc(SC)n1. The van der Waals surface area contributed by atoms with E-state index in [1.54, 1.807) is 11.8 Å². The summed E-state index contributed by atoms with van der Waals surface area (Å²) in [6.45, 7) is 5.98. The summed E-state index contributed by atoms with van der Waals surface area (Å²) in [7, 11) is 0. The van der Waals surface area contributed by atoms with E-state index in [-0.39, 0.29) is 6.10 Å². The van der Waals surface area contributed by atoms with Crippen molar-refractivity contribution in [2.75, 3.05) is 30.0 Å². The van der Waals surface area contributed by atoms with Crippen molar-refractivity contribution in [1.29, 1.82) is 0 Å². The number of ether oxygens (including phenoxy) is 1. The van der Waals surface area contributed by atoms with Gasteiger partial charge in [0.1, 0.15) is 11.6 Å². The predicted molar refractivity (Wildman–Crippen MR) is 80.0 cm³/mol. The van der Waals surface area contributed by atoms with Crippen LogP contribution in [-0.2, 0) is 4.74 Å². The van der Waals surface area contributed by atoms with Gasteiger partial charge < -0.3 is 15.4 Å². The maximum absolute atomic E-state index is 5.56. The molecule has 1 fully saturated rings. The van der Waals surface area contributed by atoms with Crippen molar-refractivity contribution in [3.63, 3.8) is 0 Å². The number of aromatic nitrogens is 2. The van der Waals surface area contributed by atoms with Gasteiger partial charge in [0.25, 0.3) is 0 Å². The van der Waals surface area contributed by atoms with Crippen LogP contribution in [-0.4, -0.2) is 41.5 Å². The molecule has 106 valence electrons. The molecule has 2 rings (SSSR count). The Morgan fingerprint density at radius 1 is 1.42 bits per heavy atom. The lowest BCUT2D eigenvalue weighted by molar-refractivity contribution is 0.121. The molecular formula is C13H22N4OS. The summed E-state index contributed by atoms with van der Waals surface area (Å²) < 4.78 is 5.56. The minimum Gasteiger partial charge on any atom is -0.376 e. The Morgan fingerprint density at radius 3 is 2.84 bits per heavy atom. The van der Waals surface area contributed by atoms with Gasteiger partial charge in [0.15, 0.2) is 5.16 Å². The summed E-state index contributed by atoms with van der Waals surface area (Å²) in [5, 5.41) is 7.55. The Kier molecular flexibility index (Phi) is 5.27. The van der Waals surface area contributed by atoms with Crippen LogP contribution >= 0.6 is 11.8 Å². The first-order valence-corrected chi connectivity index (χ1v) is 8.00. The van der Waals surface area contributed by atoms with Gasteiger partial charge in [0.2, 0.25) is 0 Å². The molecule has 6 heteroatoms. The average Bonchev–Trinajstić information content (AvgIpc) is 2.81. The van der Waals surface area contributed by atoms with Crippen LogP contribution in [0.5, 0.6) is 0 Å². The van der Waals surface area contributed by atoms with Crippen molar-refractivity contribution in [2.24, 2.45) is 0 Å². The smallest absolute Gasteiger partial charge is 0.191 e. The summed E-state index contributed by atoms with van der Waals surface area (Å²) in [5.74, 6) is 1.76. The molecule has 2 unspecified atom stereocenters. The standard InChI is InChI=1S/C13H22N4OS/c1-4-6-14-11-8-12(17-13(16-11)19-3)15-10-5-7-18-9(10)2/h8-10H,4-7H2,1-3H3,(H2,14,15,16,17). The lowest BCUT2D eigenvalue weighted by atomic mass is 10.1. The van der Waals surface area contributed by atoms with E-state index in [9.17, 15) is 0 Å². The van der Waals surface area contributed by atoms with Gasteiger partial charge in [-0.25, -0.2) is 9.97 Å². The summed E-state index contributed by atoms with van der Waals surface area (Å²) in [5.41, 5.74) is 0. The molecule has 0 amide bonds. The zero-order valence-electron chi connectivity index (χ0n) is 11.8. The molecule has 0 saturated carbocycles. The molecule has 2 N–H and O–H groups in total. The zero-order chi connectivity index (χ0) is 13.7. The minimum absolute atomic E-state index is 0.236. The van der Waals surface area contributed by atoms with Crippen LogP contribution in [0.15, 0.2) is 11.2 Å². The van der Waals surface area contributed by atoms with Crippen LogP contribution in [0.4, 0.5) is 11.6 Å². The first-order chi connectivity index (χ1) is 9.22. The molecule has 1 saturated heterocycles. The van der Waals surface area contributed by atoms with Crippen LogP contribution in [0, 0.1) is 0 Å². The van der Waals surface area contributed by atoms with Gasteiger partial charge in [-0.15, -0.1) is 0 Å². The second-order valence-corrected chi connectivity index (χ2v) is 5.44. The van der Waals surface area contributed by atoms with Crippen molar-refractivity contribution >= 4 is 23.4 Å². The normalized spacial score (nSPS) is 22.5. The Balaban J connectivity index is 2.09. The molecule has 0 spiro atoms. The summed E-state index contributed by atoms with van der Waals surface area (Å²) in [6, 6.07) is 2.31. The highest BCUT2D eigenvalue weighted by molar-refractivity contribution is 7.98. The van der Waals surface area contributed by atoms with Gasteiger partial charge in [-0.2, -0.15) is 0 Å². The number of nitrogens with one attached hydrogen (secondary N) is 2. The fraction of sp³-hybridized carbons (Fsp3) is 0.692. The Labute approximate surface area is 118 Å². The molecule has 0 bridgehead atoms. The van der Waals surface area contributed by atoms with Crippen molar-refractivity contribution < 1.29 is 4.74 Å². The van der Waals surface area contributed by atoms with E-state index in [1.807, 2.05) is 12.3 Å². The monoisotopic (exact) mass is 282 g/mol. The van der Waals surface area contributed by atoms with E-state index in [1.165, 1.54) is 0 Å². The maximum atomic E-state index is 5.56. The lowest BCUT2D eigenvalue weighted by Gasteiger charge is -2.17. The molecule has 1 aromatic rings. The van der Waals surface area contributed by atoms with Gasteiger partial charge in [-0.3, -0.25) is 0 Å². The second kappa shape index (κ2) is 6.96. The van der Waals surface area contributed by atoms with Gasteiger partial charge in [0, 0.05) is 19.2 Å². The fourth-order valence-corrected chi connectivity index (χ4v) is 2.42. The number of thioether (sulfide) groups is 1. The molecule has 1 aliphatic rings. The second-order valence-electron chi connectivity index (χ2n) is 4.67. The third kappa shape index (κ3) is 3.98. The van der Waals surface area contributed by atoms with Crippen LogP contribution in [0.1, 0.15) is 26.7 Å². The number of anilines is 2. The predicted octanol–water partition coefficient (Wildman–Crippen LogP) is 2.61. The highest BCUT2D eigenvalue weighted by Gasteiger charge is 2.24. The Hall–Kier alpha value is -1.01. The summed E-state index contributed by atoms with van der Waals surface area (Å²) >= 11 is 1.56. The van der Waals surface area contributed by atoms with Gasteiger partial charge >= 0.3 is 0 Å². The average molecular weight is 282 g/mol. The van der Waals surface area contributed by atoms with Crippen LogP contribution < -0.4 is 10.6 Å². The fourth-order valence-electron chi connectivity index (χ4n) is 2.05. The van der Waals surface area contributed by atoms with E-state index in [4.69, 9.17) is 4.74 Å². The zero-order valence-corrected chi connectivity index (χ0v) is 12.6. The largest absolute Gasteiger partial charge is 0.376 e. The minimum atomic E-state index is 0.236. The summed E-state index contributed by atoms with van der Waals surface area (Å²) in [4.78, 5) is 8.96. The molecule has 2 atom stereocenters. The molecule has 0 aliphatic carbocycles. The lowest BCUT2D eigenvalue weighted by Crippen LogP contribution is -2.27. The van der Waals surface area contributed by atoms with Crippen LogP contribution in [0.25, 0.3) is 0 Å². The van der Waals surface area contributed by atoms with Crippen molar-refractivity contribution in [1.82, 2.24) is 9.97 Å². The molecule has 0 radical (unpaired) electrons. The first kappa shape index (κ1) is 14.4. The Bertz CT molecular complexity index is 416. The third-order valence-corrected chi connectivity index (χ3v) is 3.70. The van der Waals surface area contributed by atoms with E-state index in [2.05, 4.69) is 34.4 Å². The maximum Gasteiger partial charge on any atom is 0.191 e. The van der Waals surface area contributed by atoms with Crippen molar-refractivity contribution in [2.45, 2.75) is 44.0 Å². The highest BCUT2D eigenvalue weighted by Crippen LogP contribution is 2.21. The number of hydrogen-bond donors (Lipinski definition) is 2. The van der Waals surface area contributed by atoms with Crippen molar-refractivity contribution in [3.05, 3.63) is 6.07 Å². The number of hydrogen-bond acceptors (Lipinski definition) is 6. The van der Waals surface area contributed by atoms with Crippen LogP contribution in [0.2, 0.25) is 0 Å². The highest BCUT2D eigenvalue weighted by atomic mass is 32.2. The molecule has 2 heterocycles. The van der Waals surface area contributed by atoms with E-state index < -0.39 is 0 Å². The van der Waals surface area contributed by atoms with Crippen molar-refractivity contribution in [3.8, 4) is 0 Å². The quantitative estimate of drug-likeness (QED) is 0.618. The van der Waals surface area contributed by atoms with E-state index in [0.29, 0.717) is 6.04 Å². The molecule has 1 aliphatic heterocycles. The molecule has 5 nitrogen and oxygen atoms in total. The number of nitrogens with zero attached hydrogens (tertiary/aromatic N) is 2. The number of rotatable bonds is 6. The molecule has 0 aromatic carbocycles. The molecular weight excluding hydrogens is 260 g/mol. The molecule has 1 aromatic heterocycles. The van der Waals surface area contributed by atoms with Gasteiger partial charge in [-0.1, -0.05) is 18.7 Å². The topological polar surface area (TPSA) is 59.1 Å². The van der Waals surface area contributed by atoms with Gasteiger partial charge in [0.05, 0.1) is 12.1 Å². The van der Waals surface area contributed by atoms with Crippen LogP contribution in [0.3, 0.4) is 0 Å². The van der Waals surface area contributed by atoms with Gasteiger partial charge in [-0.05, 0) is 26.0 Å². The summed E-state index contributed by atoms with van der Waals surface area (Å²) in [6.07, 6.45) is 4.33. The first-order valence-electron chi connectivity index (χ1n) is 6.78. The third-order valence-electron chi connectivity index (χ3n) is 3.15. The molecule has 19 heavy (non-hydrogen) atoms. The van der Waals surface area contributed by atoms with E-state index >= 15 is 0 Å².